The molecular formula is C24H25ClN2O4. The Morgan fingerprint density at radius 3 is 2.55 bits per heavy atom. The van der Waals surface area contributed by atoms with E-state index in [0.29, 0.717) is 35.9 Å². The van der Waals surface area contributed by atoms with E-state index >= 15 is 0 Å². The summed E-state index contributed by atoms with van der Waals surface area (Å²) in [6, 6.07) is 16.8. The van der Waals surface area contributed by atoms with Gasteiger partial charge in [0, 0.05) is 37.7 Å². The fourth-order valence-electron chi connectivity index (χ4n) is 5.09. The summed E-state index contributed by atoms with van der Waals surface area (Å²) in [6.45, 7) is 2.27. The van der Waals surface area contributed by atoms with Crippen molar-refractivity contribution in [3.8, 4) is 5.75 Å². The number of halogens is 1. The number of benzene rings is 2. The second kappa shape index (κ2) is 8.36. The fourth-order valence-corrected chi connectivity index (χ4v) is 5.09. The van der Waals surface area contributed by atoms with Gasteiger partial charge in [0.1, 0.15) is 11.3 Å². The summed E-state index contributed by atoms with van der Waals surface area (Å²) in [5, 5.41) is 0.494. The van der Waals surface area contributed by atoms with Gasteiger partial charge in [-0.25, -0.2) is 0 Å². The monoisotopic (exact) mass is 440 g/mol. The number of carbonyl (C=O) groups excluding carboxylic acids is 1. The van der Waals surface area contributed by atoms with Gasteiger partial charge in [0.15, 0.2) is 11.2 Å². The molecule has 2 aliphatic rings. The molecule has 0 bridgehead atoms. The van der Waals surface area contributed by atoms with Gasteiger partial charge in [0.2, 0.25) is 0 Å². The van der Waals surface area contributed by atoms with Crippen molar-refractivity contribution in [2.75, 3.05) is 33.8 Å². The first-order chi connectivity index (χ1) is 14.5. The molecule has 0 N–H and O–H groups in total. The topological polar surface area (TPSA) is 63.0 Å². The molecule has 0 unspecified atom stereocenters. The number of ether oxygens (including phenoxy) is 1. The first-order valence-corrected chi connectivity index (χ1v) is 10.2. The molecule has 2 aliphatic heterocycles. The zero-order chi connectivity index (χ0) is 20.8. The molecule has 1 amide bonds. The van der Waals surface area contributed by atoms with E-state index in [2.05, 4.69) is 24.1 Å². The summed E-state index contributed by atoms with van der Waals surface area (Å²) in [5.41, 5.74) is 1.50. The lowest BCUT2D eigenvalue weighted by atomic mass is 9.89. The predicted molar refractivity (Wildman–Crippen MR) is 121 cm³/mol. The molecule has 0 spiro atoms. The van der Waals surface area contributed by atoms with Crippen LogP contribution >= 0.6 is 12.4 Å². The van der Waals surface area contributed by atoms with Crippen molar-refractivity contribution in [2.24, 2.45) is 11.8 Å². The summed E-state index contributed by atoms with van der Waals surface area (Å²) in [5.74, 6) is 1.50. The predicted octanol–water partition coefficient (Wildman–Crippen LogP) is 3.60. The molecule has 2 aromatic carbocycles. The SMILES string of the molecule is COc1ccc([C@H]2[C@@H]3CN(C(=O)c4cc(=O)c5ccccc5o4)C[C@@H]3CN2C)cc1.Cl. The van der Waals surface area contributed by atoms with E-state index in [1.807, 2.05) is 17.0 Å². The van der Waals surface area contributed by atoms with E-state index in [1.165, 1.54) is 11.6 Å². The van der Waals surface area contributed by atoms with E-state index in [4.69, 9.17) is 9.15 Å². The third-order valence-corrected chi connectivity index (χ3v) is 6.48. The molecule has 31 heavy (non-hydrogen) atoms. The van der Waals surface area contributed by atoms with Crippen LogP contribution in [0.1, 0.15) is 22.2 Å². The molecule has 0 saturated carbocycles. The highest BCUT2D eigenvalue weighted by atomic mass is 35.5. The second-order valence-electron chi connectivity index (χ2n) is 8.26. The molecule has 0 aliphatic carbocycles. The smallest absolute Gasteiger partial charge is 0.289 e. The molecule has 2 fully saturated rings. The second-order valence-corrected chi connectivity index (χ2v) is 8.26. The van der Waals surface area contributed by atoms with Crippen molar-refractivity contribution < 1.29 is 13.9 Å². The molecule has 2 saturated heterocycles. The molecule has 0 radical (unpaired) electrons. The number of hydrogen-bond donors (Lipinski definition) is 0. The average molecular weight is 441 g/mol. The van der Waals surface area contributed by atoms with Crippen LogP contribution in [-0.2, 0) is 0 Å². The Morgan fingerprint density at radius 1 is 1.06 bits per heavy atom. The van der Waals surface area contributed by atoms with Gasteiger partial charge in [-0.1, -0.05) is 24.3 Å². The number of para-hydroxylation sites is 1. The molecule has 1 aromatic heterocycles. The summed E-state index contributed by atoms with van der Waals surface area (Å²) < 4.78 is 11.1. The van der Waals surface area contributed by atoms with Gasteiger partial charge in [-0.15, -0.1) is 12.4 Å². The highest BCUT2D eigenvalue weighted by molar-refractivity contribution is 5.93. The molecule has 3 atom stereocenters. The van der Waals surface area contributed by atoms with Crippen LogP contribution in [0.15, 0.2) is 63.8 Å². The number of carbonyl (C=O) groups is 1. The van der Waals surface area contributed by atoms with Gasteiger partial charge in [0.25, 0.3) is 5.91 Å². The van der Waals surface area contributed by atoms with Crippen molar-refractivity contribution in [1.29, 1.82) is 0 Å². The van der Waals surface area contributed by atoms with E-state index in [9.17, 15) is 9.59 Å². The Balaban J connectivity index is 0.00000231. The summed E-state index contributed by atoms with van der Waals surface area (Å²) in [6.07, 6.45) is 0. The van der Waals surface area contributed by atoms with Gasteiger partial charge in [-0.2, -0.15) is 0 Å². The summed E-state index contributed by atoms with van der Waals surface area (Å²) in [4.78, 5) is 29.8. The normalized spacial score (nSPS) is 22.9. The van der Waals surface area contributed by atoms with E-state index < -0.39 is 0 Å². The highest BCUT2D eigenvalue weighted by Crippen LogP contribution is 2.44. The minimum Gasteiger partial charge on any atom is -0.497 e. The Morgan fingerprint density at radius 2 is 1.81 bits per heavy atom. The van der Waals surface area contributed by atoms with Gasteiger partial charge in [0.05, 0.1) is 12.5 Å². The van der Waals surface area contributed by atoms with Crippen LogP contribution in [0, 0.1) is 11.8 Å². The molecule has 3 aromatic rings. The van der Waals surface area contributed by atoms with Crippen LogP contribution in [0.5, 0.6) is 5.75 Å². The van der Waals surface area contributed by atoms with Crippen LogP contribution < -0.4 is 10.2 Å². The first-order valence-electron chi connectivity index (χ1n) is 10.2. The van der Waals surface area contributed by atoms with Crippen LogP contribution in [-0.4, -0.2) is 49.5 Å². The minimum atomic E-state index is -0.205. The fraction of sp³-hybridized carbons (Fsp3) is 0.333. The third kappa shape index (κ3) is 3.70. The molecule has 3 heterocycles. The lowest BCUT2D eigenvalue weighted by Crippen LogP contribution is -2.33. The average Bonchev–Trinajstić information content (AvgIpc) is 3.30. The van der Waals surface area contributed by atoms with E-state index in [1.54, 1.807) is 31.4 Å². The number of fused-ring (bicyclic) bond motifs is 2. The highest BCUT2D eigenvalue weighted by Gasteiger charge is 2.47. The molecule has 6 nitrogen and oxygen atoms in total. The molecule has 5 rings (SSSR count). The van der Waals surface area contributed by atoms with Crippen LogP contribution in [0.2, 0.25) is 0 Å². The van der Waals surface area contributed by atoms with E-state index in [0.717, 1.165) is 12.3 Å². The number of methoxy groups -OCH3 is 1. The number of nitrogens with zero attached hydrogens (tertiary/aromatic N) is 2. The van der Waals surface area contributed by atoms with Gasteiger partial charge >= 0.3 is 0 Å². The maximum absolute atomic E-state index is 13.1. The number of amides is 1. The maximum Gasteiger partial charge on any atom is 0.289 e. The zero-order valence-corrected chi connectivity index (χ0v) is 18.3. The van der Waals surface area contributed by atoms with Crippen molar-refractivity contribution in [3.05, 3.63) is 76.1 Å². The van der Waals surface area contributed by atoms with Crippen LogP contribution in [0.3, 0.4) is 0 Å². The third-order valence-electron chi connectivity index (χ3n) is 6.48. The van der Waals surface area contributed by atoms with Gasteiger partial charge in [-0.3, -0.25) is 14.5 Å². The van der Waals surface area contributed by atoms with Gasteiger partial charge in [-0.05, 0) is 42.8 Å². The standard InChI is InChI=1S/C24H24N2O4.ClH/c1-25-12-16-13-26(14-19(16)23(25)15-7-9-17(29-2)10-8-15)24(28)22-11-20(27)18-5-3-4-6-21(18)30-22;/h3-11,16,19,23H,12-14H2,1-2H3;1H/t16-,19+,23-;/m0./s1. The largest absolute Gasteiger partial charge is 0.497 e. The van der Waals surface area contributed by atoms with Crippen molar-refractivity contribution in [1.82, 2.24) is 9.80 Å². The number of hydrogen-bond acceptors (Lipinski definition) is 5. The zero-order valence-electron chi connectivity index (χ0n) is 17.5. The number of rotatable bonds is 3. The van der Waals surface area contributed by atoms with Crippen LogP contribution in [0.25, 0.3) is 11.0 Å². The number of likely N-dealkylation sites (tertiary alicyclic amines) is 2. The van der Waals surface area contributed by atoms with Gasteiger partial charge < -0.3 is 14.1 Å². The Labute approximate surface area is 186 Å². The summed E-state index contributed by atoms with van der Waals surface area (Å²) in [7, 11) is 3.81. The Kier molecular flexibility index (Phi) is 5.77. The maximum atomic E-state index is 13.1. The van der Waals surface area contributed by atoms with E-state index in [-0.39, 0.29) is 35.5 Å². The lowest BCUT2D eigenvalue weighted by molar-refractivity contribution is 0.0737. The van der Waals surface area contributed by atoms with Crippen molar-refractivity contribution in [3.63, 3.8) is 0 Å². The molecule has 162 valence electrons. The lowest BCUT2D eigenvalue weighted by Gasteiger charge is -2.26. The van der Waals surface area contributed by atoms with Crippen molar-refractivity contribution in [2.45, 2.75) is 6.04 Å². The first kappa shape index (κ1) is 21.4. The summed E-state index contributed by atoms with van der Waals surface area (Å²) >= 11 is 0. The Hall–Kier alpha value is -2.83. The molecular weight excluding hydrogens is 416 g/mol. The van der Waals surface area contributed by atoms with Crippen molar-refractivity contribution >= 4 is 29.3 Å². The van der Waals surface area contributed by atoms with Crippen LogP contribution in [0.4, 0.5) is 0 Å². The molecule has 7 heteroatoms. The quantitative estimate of drug-likeness (QED) is 0.622. The Bertz CT molecular complexity index is 1160. The minimum absolute atomic E-state index is 0.